The number of hydrogen-bond acceptors (Lipinski definition) is 1. The Morgan fingerprint density at radius 1 is 1.07 bits per heavy atom. The predicted molar refractivity (Wildman–Crippen MR) is 130 cm³/mol. The lowest BCUT2D eigenvalue weighted by Crippen LogP contribution is -2.66. The molecule has 3 fully saturated rings. The van der Waals surface area contributed by atoms with Gasteiger partial charge in [-0.2, -0.15) is 0 Å². The molecule has 30 heavy (non-hydrogen) atoms. The van der Waals surface area contributed by atoms with Crippen LogP contribution in [-0.2, 0) is 0 Å². The maximum atomic E-state index is 7.53. The van der Waals surface area contributed by atoms with Crippen molar-refractivity contribution >= 4 is 0 Å². The Bertz CT molecular complexity index is 688. The summed E-state index contributed by atoms with van der Waals surface area (Å²) in [6.45, 7) is 12.1. The zero-order chi connectivity index (χ0) is 21.6. The van der Waals surface area contributed by atoms with Crippen molar-refractivity contribution < 1.29 is 0 Å². The highest BCUT2D eigenvalue weighted by atomic mass is 14.9. The fraction of sp³-hybridized carbons (Fsp3) is 0.862. The molecule has 0 aliphatic heterocycles. The Kier molecular flexibility index (Phi) is 6.35. The smallest absolute Gasteiger partial charge is 0.0260 e. The first-order chi connectivity index (χ1) is 14.3. The van der Waals surface area contributed by atoms with Crippen LogP contribution in [0.5, 0.6) is 0 Å². The number of rotatable bonds is 6. The molecule has 4 rings (SSSR count). The van der Waals surface area contributed by atoms with Gasteiger partial charge in [-0.3, -0.25) is 0 Å². The van der Waals surface area contributed by atoms with Crippen LogP contribution in [-0.4, -0.2) is 5.54 Å². The van der Waals surface area contributed by atoms with Gasteiger partial charge >= 0.3 is 0 Å². The summed E-state index contributed by atoms with van der Waals surface area (Å²) in [5, 5.41) is 0. The third-order valence-electron chi connectivity index (χ3n) is 11.0. The van der Waals surface area contributed by atoms with Crippen LogP contribution in [0.25, 0.3) is 0 Å². The Hall–Kier alpha value is -0.560. The Morgan fingerprint density at radius 2 is 1.87 bits per heavy atom. The summed E-state index contributed by atoms with van der Waals surface area (Å²) in [6.07, 6.45) is 22.9. The molecular formula is C29H49N. The normalized spacial score (nSPS) is 46.1. The van der Waals surface area contributed by atoms with Gasteiger partial charge < -0.3 is 5.73 Å². The quantitative estimate of drug-likeness (QED) is 0.346. The van der Waals surface area contributed by atoms with Gasteiger partial charge in [0, 0.05) is 5.54 Å². The van der Waals surface area contributed by atoms with Crippen molar-refractivity contribution in [1.82, 2.24) is 0 Å². The maximum Gasteiger partial charge on any atom is 0.0260 e. The topological polar surface area (TPSA) is 26.0 Å². The number of fused-ring (bicyclic) bond motifs is 5. The molecule has 0 aromatic carbocycles. The van der Waals surface area contributed by atoms with E-state index in [0.717, 1.165) is 24.2 Å². The molecule has 2 N–H and O–H groups in total. The van der Waals surface area contributed by atoms with Gasteiger partial charge in [-0.15, -0.1) is 0 Å². The molecular weight excluding hydrogens is 362 g/mol. The standard InChI is InChI=1S/C29H49N/c1-6-8-9-10-11-23-12-13-25-27(23,4)18-16-26-28(5)17-14-22(21(3)7-2)20-24(28)15-19-29(25,26)30/h7,15,22-23,25-26H,6,8-14,16-20,30H2,1-5H3/b21-7-. The molecule has 1 nitrogen and oxygen atoms in total. The van der Waals surface area contributed by atoms with Gasteiger partial charge in [0.1, 0.15) is 0 Å². The molecule has 3 saturated carbocycles. The number of nitrogens with two attached hydrogens (primary N) is 1. The molecule has 0 heterocycles. The van der Waals surface area contributed by atoms with Crippen LogP contribution in [0.3, 0.4) is 0 Å². The lowest BCUT2D eigenvalue weighted by molar-refractivity contribution is -0.0631. The zero-order valence-electron chi connectivity index (χ0n) is 20.7. The van der Waals surface area contributed by atoms with E-state index in [2.05, 4.69) is 46.8 Å². The van der Waals surface area contributed by atoms with Crippen LogP contribution < -0.4 is 5.73 Å². The molecule has 4 aliphatic carbocycles. The molecule has 0 saturated heterocycles. The van der Waals surface area contributed by atoms with Gasteiger partial charge in [0.2, 0.25) is 0 Å². The minimum Gasteiger partial charge on any atom is -0.324 e. The van der Waals surface area contributed by atoms with Crippen molar-refractivity contribution in [2.75, 3.05) is 0 Å². The summed E-state index contributed by atoms with van der Waals surface area (Å²) >= 11 is 0. The van der Waals surface area contributed by atoms with Crippen LogP contribution >= 0.6 is 0 Å². The van der Waals surface area contributed by atoms with Crippen molar-refractivity contribution in [3.8, 4) is 0 Å². The van der Waals surface area contributed by atoms with E-state index in [1.807, 2.05) is 0 Å². The lowest BCUT2D eigenvalue weighted by atomic mass is 9.44. The average molecular weight is 412 g/mol. The Labute approximate surface area is 187 Å². The van der Waals surface area contributed by atoms with Gasteiger partial charge in [-0.25, -0.2) is 0 Å². The highest BCUT2D eigenvalue weighted by molar-refractivity contribution is 5.31. The number of allylic oxidation sites excluding steroid dienone is 3. The van der Waals surface area contributed by atoms with Gasteiger partial charge in [-0.1, -0.05) is 69.8 Å². The van der Waals surface area contributed by atoms with Crippen molar-refractivity contribution in [1.29, 1.82) is 0 Å². The molecule has 4 aliphatic rings. The second kappa shape index (κ2) is 8.42. The van der Waals surface area contributed by atoms with Crippen molar-refractivity contribution in [3.63, 3.8) is 0 Å². The predicted octanol–water partition coefficient (Wildman–Crippen LogP) is 8.20. The van der Waals surface area contributed by atoms with E-state index in [1.54, 1.807) is 11.1 Å². The highest BCUT2D eigenvalue weighted by Gasteiger charge is 2.63. The van der Waals surface area contributed by atoms with E-state index in [0.29, 0.717) is 16.7 Å². The first-order valence-corrected chi connectivity index (χ1v) is 13.4. The molecule has 170 valence electrons. The van der Waals surface area contributed by atoms with Crippen molar-refractivity contribution in [2.45, 2.75) is 124 Å². The minimum absolute atomic E-state index is 0.0475. The second-order valence-corrected chi connectivity index (χ2v) is 12.2. The van der Waals surface area contributed by atoms with Gasteiger partial charge in [0.05, 0.1) is 0 Å². The van der Waals surface area contributed by atoms with Gasteiger partial charge in [-0.05, 0) is 106 Å². The fourth-order valence-electron chi connectivity index (χ4n) is 8.90. The summed E-state index contributed by atoms with van der Waals surface area (Å²) < 4.78 is 0. The highest BCUT2D eigenvalue weighted by Crippen LogP contribution is 2.67. The van der Waals surface area contributed by atoms with E-state index in [-0.39, 0.29) is 5.54 Å². The monoisotopic (exact) mass is 411 g/mol. The third kappa shape index (κ3) is 3.46. The molecule has 0 aromatic heterocycles. The van der Waals surface area contributed by atoms with Crippen LogP contribution in [0.1, 0.15) is 118 Å². The fourth-order valence-corrected chi connectivity index (χ4v) is 8.90. The first kappa shape index (κ1) is 22.6. The second-order valence-electron chi connectivity index (χ2n) is 12.2. The zero-order valence-corrected chi connectivity index (χ0v) is 20.7. The molecule has 0 spiro atoms. The van der Waals surface area contributed by atoms with E-state index in [9.17, 15) is 0 Å². The molecule has 0 radical (unpaired) electrons. The largest absolute Gasteiger partial charge is 0.324 e. The van der Waals surface area contributed by atoms with Gasteiger partial charge in [0.15, 0.2) is 0 Å². The van der Waals surface area contributed by atoms with Gasteiger partial charge in [0.25, 0.3) is 0 Å². The molecule has 7 unspecified atom stereocenters. The van der Waals surface area contributed by atoms with E-state index >= 15 is 0 Å². The number of unbranched alkanes of at least 4 members (excludes halogenated alkanes) is 3. The molecule has 7 atom stereocenters. The Morgan fingerprint density at radius 3 is 2.60 bits per heavy atom. The van der Waals surface area contributed by atoms with Crippen LogP contribution in [0.15, 0.2) is 23.3 Å². The lowest BCUT2D eigenvalue weighted by Gasteiger charge is -2.63. The maximum absolute atomic E-state index is 7.53. The van der Waals surface area contributed by atoms with E-state index in [1.165, 1.54) is 77.0 Å². The molecule has 1 heteroatoms. The number of hydrogen-bond donors (Lipinski definition) is 1. The summed E-state index contributed by atoms with van der Waals surface area (Å²) in [6, 6.07) is 0. The first-order valence-electron chi connectivity index (χ1n) is 13.4. The van der Waals surface area contributed by atoms with Crippen molar-refractivity contribution in [3.05, 3.63) is 23.3 Å². The summed E-state index contributed by atoms with van der Waals surface area (Å²) in [4.78, 5) is 0. The molecule has 0 amide bonds. The van der Waals surface area contributed by atoms with Crippen LogP contribution in [0.4, 0.5) is 0 Å². The molecule has 0 aromatic rings. The van der Waals surface area contributed by atoms with E-state index in [4.69, 9.17) is 5.73 Å². The Balaban J connectivity index is 1.54. The summed E-state index contributed by atoms with van der Waals surface area (Å²) in [7, 11) is 0. The summed E-state index contributed by atoms with van der Waals surface area (Å²) in [5.74, 6) is 3.14. The van der Waals surface area contributed by atoms with Crippen LogP contribution in [0.2, 0.25) is 0 Å². The SMILES string of the molecule is C/C=C(/C)C1CCC2(C)C(=CCC3(N)C2CCC2(C)C(CCCCCC)CCC23)C1. The average Bonchev–Trinajstić information content (AvgIpc) is 3.07. The summed E-state index contributed by atoms with van der Waals surface area (Å²) in [5.41, 5.74) is 11.8. The molecule has 0 bridgehead atoms. The van der Waals surface area contributed by atoms with E-state index < -0.39 is 0 Å². The minimum atomic E-state index is 0.0475. The third-order valence-corrected chi connectivity index (χ3v) is 11.0. The van der Waals surface area contributed by atoms with Crippen LogP contribution in [0, 0.1) is 34.5 Å². The van der Waals surface area contributed by atoms with Crippen molar-refractivity contribution in [2.24, 2.45) is 40.2 Å².